The third-order valence-electron chi connectivity index (χ3n) is 4.12. The maximum absolute atomic E-state index is 5.35. The maximum atomic E-state index is 5.35. The van der Waals surface area contributed by atoms with Gasteiger partial charge in [0, 0.05) is 38.1 Å². The zero-order valence-electron chi connectivity index (χ0n) is 15.5. The normalized spacial score (nSPS) is 14.5. The molecule has 0 spiro atoms. The zero-order valence-corrected chi connectivity index (χ0v) is 17.2. The molecule has 0 unspecified atom stereocenters. The van der Waals surface area contributed by atoms with E-state index in [1.165, 1.54) is 37.4 Å². The van der Waals surface area contributed by atoms with Crippen molar-refractivity contribution < 1.29 is 0 Å². The van der Waals surface area contributed by atoms with Crippen LogP contribution in [0.5, 0.6) is 0 Å². The Morgan fingerprint density at radius 2 is 1.89 bits per heavy atom. The summed E-state index contributed by atoms with van der Waals surface area (Å²) in [6, 6.07) is 3.82. The van der Waals surface area contributed by atoms with Crippen molar-refractivity contribution in [2.75, 3.05) is 29.9 Å². The fraction of sp³-hybridized carbons (Fsp3) is 0.500. The summed E-state index contributed by atoms with van der Waals surface area (Å²) >= 11 is 6.77. The Morgan fingerprint density at radius 3 is 2.59 bits per heavy atom. The van der Waals surface area contributed by atoms with Gasteiger partial charge in [-0.15, -0.1) is 0 Å². The van der Waals surface area contributed by atoms with Crippen LogP contribution >= 0.6 is 24.0 Å². The summed E-state index contributed by atoms with van der Waals surface area (Å²) in [5, 5.41) is 8.27. The number of nitrogens with one attached hydrogen (secondary N) is 2. The molecule has 0 radical (unpaired) electrons. The first kappa shape index (κ1) is 19.8. The zero-order chi connectivity index (χ0) is 18.9. The maximum Gasteiger partial charge on any atom is 0.232 e. The van der Waals surface area contributed by atoms with Gasteiger partial charge in [0.05, 0.1) is 0 Å². The molecule has 27 heavy (non-hydrogen) atoms. The van der Waals surface area contributed by atoms with Crippen molar-refractivity contribution in [2.45, 2.75) is 49.2 Å². The van der Waals surface area contributed by atoms with Crippen molar-refractivity contribution in [2.24, 2.45) is 0 Å². The Balaban J connectivity index is 1.83. The molecule has 0 amide bonds. The molecule has 144 valence electrons. The average Bonchev–Trinajstić information content (AvgIpc) is 2.96. The quantitative estimate of drug-likeness (QED) is 0.428. The molecule has 0 bridgehead atoms. The number of nitrogens with zero attached hydrogens (tertiary/aromatic N) is 5. The van der Waals surface area contributed by atoms with Gasteiger partial charge in [-0.2, -0.15) is 4.98 Å². The summed E-state index contributed by atoms with van der Waals surface area (Å²) in [5.41, 5.74) is 0. The van der Waals surface area contributed by atoms with E-state index in [1.54, 1.807) is 18.5 Å². The standard InChI is InChI=1S/C18H25N7S2/c1-2-8-19-17(26)24-16-22-14(25-11-5-3-4-6-12-25)13-15(23-16)27-18-20-9-7-10-21-18/h7,9-10,13H,2-6,8,11-12H2,1H3,(H2,19,22,23,24,26). The van der Waals surface area contributed by atoms with Gasteiger partial charge in [-0.05, 0) is 49.3 Å². The highest BCUT2D eigenvalue weighted by Gasteiger charge is 2.15. The van der Waals surface area contributed by atoms with E-state index < -0.39 is 0 Å². The highest BCUT2D eigenvalue weighted by atomic mass is 32.2. The molecule has 0 aliphatic carbocycles. The van der Waals surface area contributed by atoms with E-state index in [1.807, 2.05) is 6.07 Å². The lowest BCUT2D eigenvalue weighted by molar-refractivity contribution is 0.726. The Bertz CT molecular complexity index is 734. The van der Waals surface area contributed by atoms with Gasteiger partial charge in [-0.25, -0.2) is 15.0 Å². The van der Waals surface area contributed by atoms with Crippen molar-refractivity contribution in [3.8, 4) is 0 Å². The Morgan fingerprint density at radius 1 is 1.15 bits per heavy atom. The Hall–Kier alpha value is -2.00. The van der Waals surface area contributed by atoms with Crippen molar-refractivity contribution >= 4 is 40.9 Å². The molecule has 9 heteroatoms. The van der Waals surface area contributed by atoms with Crippen LogP contribution in [0.15, 0.2) is 34.7 Å². The predicted molar refractivity (Wildman–Crippen MR) is 113 cm³/mol. The van der Waals surface area contributed by atoms with E-state index >= 15 is 0 Å². The Labute approximate surface area is 169 Å². The lowest BCUT2D eigenvalue weighted by atomic mass is 10.2. The summed E-state index contributed by atoms with van der Waals surface area (Å²) in [6.07, 6.45) is 9.39. The molecule has 0 atom stereocenters. The number of anilines is 2. The third-order valence-corrected chi connectivity index (χ3v) is 5.18. The van der Waals surface area contributed by atoms with Crippen LogP contribution in [-0.2, 0) is 0 Å². The van der Waals surface area contributed by atoms with Crippen LogP contribution in [0.2, 0.25) is 0 Å². The van der Waals surface area contributed by atoms with Crippen molar-refractivity contribution in [3.05, 3.63) is 24.5 Å². The van der Waals surface area contributed by atoms with E-state index in [2.05, 4.69) is 37.4 Å². The largest absolute Gasteiger partial charge is 0.362 e. The minimum absolute atomic E-state index is 0.504. The first-order chi connectivity index (χ1) is 13.2. The van der Waals surface area contributed by atoms with E-state index in [-0.39, 0.29) is 0 Å². The number of hydrogen-bond donors (Lipinski definition) is 2. The van der Waals surface area contributed by atoms with Gasteiger partial charge in [0.15, 0.2) is 10.3 Å². The second-order valence-corrected chi connectivity index (χ2v) is 7.70. The number of thiocarbonyl (C=S) groups is 1. The molecule has 1 saturated heterocycles. The molecule has 1 aliphatic heterocycles. The molecule has 0 aromatic carbocycles. The molecular weight excluding hydrogens is 378 g/mol. The molecule has 7 nitrogen and oxygen atoms in total. The second-order valence-electron chi connectivity index (χ2n) is 6.30. The first-order valence-electron chi connectivity index (χ1n) is 9.38. The van der Waals surface area contributed by atoms with Crippen molar-refractivity contribution in [3.63, 3.8) is 0 Å². The minimum Gasteiger partial charge on any atom is -0.362 e. The summed E-state index contributed by atoms with van der Waals surface area (Å²) in [4.78, 5) is 20.2. The molecule has 2 aromatic heterocycles. The fourth-order valence-corrected chi connectivity index (χ4v) is 3.70. The monoisotopic (exact) mass is 403 g/mol. The molecule has 1 aliphatic rings. The Kier molecular flexibility index (Phi) is 7.58. The molecule has 3 rings (SSSR count). The average molecular weight is 404 g/mol. The SMILES string of the molecule is CCCNC(=S)Nc1nc(Sc2ncccn2)cc(N2CCCCCC2)n1. The third kappa shape index (κ3) is 6.28. The van der Waals surface area contributed by atoms with E-state index in [4.69, 9.17) is 17.2 Å². The lowest BCUT2D eigenvalue weighted by Gasteiger charge is -2.22. The van der Waals surface area contributed by atoms with Gasteiger partial charge in [-0.3, -0.25) is 0 Å². The second kappa shape index (κ2) is 10.4. The van der Waals surface area contributed by atoms with Crippen molar-refractivity contribution in [1.82, 2.24) is 25.3 Å². The van der Waals surface area contributed by atoms with Crippen LogP contribution in [0.3, 0.4) is 0 Å². The van der Waals surface area contributed by atoms with Gasteiger partial charge < -0.3 is 15.5 Å². The molecule has 3 heterocycles. The minimum atomic E-state index is 0.504. The smallest absolute Gasteiger partial charge is 0.232 e. The molecule has 2 aromatic rings. The van der Waals surface area contributed by atoms with Gasteiger partial charge in [0.2, 0.25) is 5.95 Å². The summed E-state index contributed by atoms with van der Waals surface area (Å²) < 4.78 is 0. The van der Waals surface area contributed by atoms with E-state index in [0.29, 0.717) is 16.2 Å². The van der Waals surface area contributed by atoms with Gasteiger partial charge in [0.1, 0.15) is 10.8 Å². The molecular formula is C18H25N7S2. The van der Waals surface area contributed by atoms with Gasteiger partial charge in [0.25, 0.3) is 0 Å². The summed E-state index contributed by atoms with van der Waals surface area (Å²) in [6.45, 7) is 4.94. The molecule has 2 N–H and O–H groups in total. The summed E-state index contributed by atoms with van der Waals surface area (Å²) in [5.74, 6) is 1.43. The topological polar surface area (TPSA) is 78.9 Å². The van der Waals surface area contributed by atoms with E-state index in [9.17, 15) is 0 Å². The number of hydrogen-bond acceptors (Lipinski definition) is 7. The van der Waals surface area contributed by atoms with Crippen LogP contribution in [0.1, 0.15) is 39.0 Å². The first-order valence-corrected chi connectivity index (χ1v) is 10.6. The lowest BCUT2D eigenvalue weighted by Crippen LogP contribution is -2.30. The van der Waals surface area contributed by atoms with Crippen LogP contribution in [0.25, 0.3) is 0 Å². The summed E-state index contributed by atoms with van der Waals surface area (Å²) in [7, 11) is 0. The van der Waals surface area contributed by atoms with Gasteiger partial charge in [-0.1, -0.05) is 19.8 Å². The van der Waals surface area contributed by atoms with Crippen LogP contribution in [-0.4, -0.2) is 44.7 Å². The molecule has 1 fully saturated rings. The van der Waals surface area contributed by atoms with Crippen LogP contribution in [0, 0.1) is 0 Å². The number of rotatable bonds is 6. The molecule has 0 saturated carbocycles. The highest BCUT2D eigenvalue weighted by Crippen LogP contribution is 2.27. The van der Waals surface area contributed by atoms with Crippen LogP contribution < -0.4 is 15.5 Å². The predicted octanol–water partition coefficient (Wildman–Crippen LogP) is 3.49. The fourth-order valence-electron chi connectivity index (χ4n) is 2.80. The van der Waals surface area contributed by atoms with Crippen LogP contribution in [0.4, 0.5) is 11.8 Å². The highest BCUT2D eigenvalue weighted by molar-refractivity contribution is 7.99. The van der Waals surface area contributed by atoms with Crippen molar-refractivity contribution in [1.29, 1.82) is 0 Å². The van der Waals surface area contributed by atoms with E-state index in [0.717, 1.165) is 36.9 Å². The van der Waals surface area contributed by atoms with Gasteiger partial charge >= 0.3 is 0 Å². The number of aromatic nitrogens is 4.